The van der Waals surface area contributed by atoms with Crippen LogP contribution in [-0.2, 0) is 6.54 Å². The van der Waals surface area contributed by atoms with Crippen molar-refractivity contribution in [3.63, 3.8) is 0 Å². The molecule has 0 radical (unpaired) electrons. The van der Waals surface area contributed by atoms with Crippen LogP contribution in [0.1, 0.15) is 43.9 Å². The van der Waals surface area contributed by atoms with Gasteiger partial charge in [-0.3, -0.25) is 4.79 Å². The van der Waals surface area contributed by atoms with Crippen LogP contribution in [0.5, 0.6) is 5.75 Å². The summed E-state index contributed by atoms with van der Waals surface area (Å²) in [5.41, 5.74) is 1.50. The smallest absolute Gasteiger partial charge is 0.223 e. The Hall–Kier alpha value is -2.56. The average Bonchev–Trinajstić information content (AvgIpc) is 2.65. The standard InChI is InChI=1S/C11H15F.C10H14N2O2/c1-3-9(4-2)10-5-7-11(12)8-6-10;1-3-11-5-7-12-6-4-9(13)10(14)8(12)2/h5-9H,3-4H2,1-2H3;3-4,6,11,14H,1,5,7H2,2H3. The summed E-state index contributed by atoms with van der Waals surface area (Å²) in [5.74, 6) is 0.265. The van der Waals surface area contributed by atoms with Crippen LogP contribution in [0.4, 0.5) is 4.39 Å². The summed E-state index contributed by atoms with van der Waals surface area (Å²) >= 11 is 0. The van der Waals surface area contributed by atoms with Crippen LogP contribution < -0.4 is 10.7 Å². The zero-order valence-corrected chi connectivity index (χ0v) is 15.8. The number of aromatic nitrogens is 1. The summed E-state index contributed by atoms with van der Waals surface area (Å²) < 4.78 is 14.4. The number of rotatable bonds is 7. The fourth-order valence-corrected chi connectivity index (χ4v) is 2.69. The number of nitrogens with zero attached hydrogens (tertiary/aromatic N) is 1. The van der Waals surface area contributed by atoms with Crippen molar-refractivity contribution in [1.29, 1.82) is 0 Å². The van der Waals surface area contributed by atoms with Gasteiger partial charge in [0.15, 0.2) is 5.75 Å². The number of hydrogen-bond donors (Lipinski definition) is 2. The fraction of sp³-hybridized carbons (Fsp3) is 0.381. The lowest BCUT2D eigenvalue weighted by Crippen LogP contribution is -2.17. The van der Waals surface area contributed by atoms with Crippen LogP contribution in [0.2, 0.25) is 0 Å². The Morgan fingerprint density at radius 2 is 1.85 bits per heavy atom. The maximum atomic E-state index is 12.6. The molecule has 0 aliphatic carbocycles. The summed E-state index contributed by atoms with van der Waals surface area (Å²) in [5, 5.41) is 12.3. The minimum absolute atomic E-state index is 0.148. The van der Waals surface area contributed by atoms with Gasteiger partial charge < -0.3 is 15.0 Å². The number of hydrogen-bond acceptors (Lipinski definition) is 3. The highest BCUT2D eigenvalue weighted by atomic mass is 19.1. The van der Waals surface area contributed by atoms with Crippen LogP contribution in [-0.4, -0.2) is 16.2 Å². The van der Waals surface area contributed by atoms with Gasteiger partial charge in [0.25, 0.3) is 0 Å². The quantitative estimate of drug-likeness (QED) is 0.723. The molecule has 0 amide bonds. The normalized spacial score (nSPS) is 10.2. The molecule has 0 unspecified atom stereocenters. The minimum atomic E-state index is -0.338. The molecule has 0 fully saturated rings. The number of nitrogens with one attached hydrogen (secondary N) is 1. The molecule has 2 aromatic rings. The van der Waals surface area contributed by atoms with E-state index in [-0.39, 0.29) is 17.0 Å². The van der Waals surface area contributed by atoms with E-state index in [9.17, 15) is 14.3 Å². The van der Waals surface area contributed by atoms with Crippen molar-refractivity contribution in [2.75, 3.05) is 6.54 Å². The van der Waals surface area contributed by atoms with E-state index in [1.807, 2.05) is 16.7 Å². The summed E-state index contributed by atoms with van der Waals surface area (Å²) in [6.07, 6.45) is 5.53. The summed E-state index contributed by atoms with van der Waals surface area (Å²) in [6, 6.07) is 8.19. The largest absolute Gasteiger partial charge is 0.503 e. The molecule has 0 aliphatic rings. The molecule has 0 bridgehead atoms. The van der Waals surface area contributed by atoms with Gasteiger partial charge in [-0.1, -0.05) is 32.6 Å². The predicted molar refractivity (Wildman–Crippen MR) is 105 cm³/mol. The van der Waals surface area contributed by atoms with Crippen molar-refractivity contribution < 1.29 is 9.50 Å². The van der Waals surface area contributed by atoms with Crippen molar-refractivity contribution in [2.45, 2.75) is 46.1 Å². The van der Waals surface area contributed by atoms with Gasteiger partial charge in [0.2, 0.25) is 5.43 Å². The van der Waals surface area contributed by atoms with E-state index >= 15 is 0 Å². The first kappa shape index (κ1) is 21.5. The van der Waals surface area contributed by atoms with Crippen molar-refractivity contribution in [2.24, 2.45) is 0 Å². The van der Waals surface area contributed by atoms with Crippen LogP contribution in [0.25, 0.3) is 0 Å². The van der Waals surface area contributed by atoms with Crippen LogP contribution in [0, 0.1) is 12.7 Å². The Morgan fingerprint density at radius 1 is 1.23 bits per heavy atom. The highest BCUT2D eigenvalue weighted by molar-refractivity contribution is 5.25. The summed E-state index contributed by atoms with van der Waals surface area (Å²) in [7, 11) is 0. The Labute approximate surface area is 155 Å². The molecule has 0 spiro atoms. The second-order valence-corrected chi connectivity index (χ2v) is 6.03. The van der Waals surface area contributed by atoms with Gasteiger partial charge in [-0.05, 0) is 49.6 Å². The highest BCUT2D eigenvalue weighted by Crippen LogP contribution is 2.22. The molecule has 0 atom stereocenters. The molecular formula is C21H29FN2O2. The SMILES string of the molecule is C=CNCCn1ccc(=O)c(O)c1C.CCC(CC)c1ccc(F)cc1. The van der Waals surface area contributed by atoms with Gasteiger partial charge in [0, 0.05) is 25.4 Å². The molecule has 1 aromatic heterocycles. The molecule has 1 aromatic carbocycles. The van der Waals surface area contributed by atoms with Gasteiger partial charge >= 0.3 is 0 Å². The number of halogens is 1. The van der Waals surface area contributed by atoms with Crippen LogP contribution >= 0.6 is 0 Å². The van der Waals surface area contributed by atoms with Crippen molar-refractivity contribution in [3.8, 4) is 5.75 Å². The van der Waals surface area contributed by atoms with E-state index in [2.05, 4.69) is 25.7 Å². The maximum Gasteiger partial charge on any atom is 0.223 e. The Kier molecular flexibility index (Phi) is 9.20. The lowest BCUT2D eigenvalue weighted by molar-refractivity contribution is 0.452. The van der Waals surface area contributed by atoms with Crippen molar-refractivity contribution in [3.05, 3.63) is 76.6 Å². The number of aromatic hydroxyl groups is 1. The third kappa shape index (κ3) is 6.39. The molecular weight excluding hydrogens is 331 g/mol. The molecule has 1 heterocycles. The van der Waals surface area contributed by atoms with E-state index in [1.54, 1.807) is 19.3 Å². The van der Waals surface area contributed by atoms with E-state index < -0.39 is 0 Å². The third-order valence-corrected chi connectivity index (χ3v) is 4.38. The Bertz CT molecular complexity index is 735. The first-order valence-electron chi connectivity index (χ1n) is 8.93. The summed E-state index contributed by atoms with van der Waals surface area (Å²) in [4.78, 5) is 11.0. The summed E-state index contributed by atoms with van der Waals surface area (Å²) in [6.45, 7) is 11.0. The number of benzene rings is 1. The molecule has 26 heavy (non-hydrogen) atoms. The first-order valence-corrected chi connectivity index (χ1v) is 8.93. The zero-order chi connectivity index (χ0) is 19.5. The highest BCUT2D eigenvalue weighted by Gasteiger charge is 2.05. The predicted octanol–water partition coefficient (Wildman–Crippen LogP) is 4.32. The maximum absolute atomic E-state index is 12.6. The van der Waals surface area contributed by atoms with E-state index in [1.165, 1.54) is 23.8 Å². The molecule has 5 heteroatoms. The van der Waals surface area contributed by atoms with Gasteiger partial charge in [0.1, 0.15) is 5.82 Å². The third-order valence-electron chi connectivity index (χ3n) is 4.38. The molecule has 142 valence electrons. The van der Waals surface area contributed by atoms with E-state index in [4.69, 9.17) is 0 Å². The minimum Gasteiger partial charge on any atom is -0.503 e. The molecule has 0 saturated carbocycles. The lowest BCUT2D eigenvalue weighted by atomic mass is 9.94. The molecule has 0 saturated heterocycles. The second-order valence-electron chi connectivity index (χ2n) is 6.03. The fourth-order valence-electron chi connectivity index (χ4n) is 2.69. The van der Waals surface area contributed by atoms with Crippen LogP contribution in [0.15, 0.2) is 54.1 Å². The average molecular weight is 360 g/mol. The van der Waals surface area contributed by atoms with E-state index in [0.717, 1.165) is 12.8 Å². The van der Waals surface area contributed by atoms with Gasteiger partial charge in [-0.25, -0.2) is 4.39 Å². The Balaban J connectivity index is 0.000000263. The molecule has 4 nitrogen and oxygen atoms in total. The number of pyridine rings is 1. The van der Waals surface area contributed by atoms with Gasteiger partial charge in [0.05, 0.1) is 5.69 Å². The molecule has 0 aliphatic heterocycles. The van der Waals surface area contributed by atoms with Crippen molar-refractivity contribution in [1.82, 2.24) is 9.88 Å². The molecule has 2 rings (SSSR count). The Morgan fingerprint density at radius 3 is 2.38 bits per heavy atom. The monoisotopic (exact) mass is 360 g/mol. The first-order chi connectivity index (χ1) is 12.4. The topological polar surface area (TPSA) is 54.3 Å². The van der Waals surface area contributed by atoms with Gasteiger partial charge in [-0.15, -0.1) is 0 Å². The van der Waals surface area contributed by atoms with E-state index in [0.29, 0.717) is 24.7 Å². The molecule has 2 N–H and O–H groups in total. The lowest BCUT2D eigenvalue weighted by Gasteiger charge is -2.11. The van der Waals surface area contributed by atoms with Crippen LogP contribution in [0.3, 0.4) is 0 Å². The second kappa shape index (κ2) is 11.1. The van der Waals surface area contributed by atoms with Gasteiger partial charge in [-0.2, -0.15) is 0 Å². The zero-order valence-electron chi connectivity index (χ0n) is 15.8. The van der Waals surface area contributed by atoms with Crippen molar-refractivity contribution >= 4 is 0 Å².